The Balaban J connectivity index is 1.83. The predicted molar refractivity (Wildman–Crippen MR) is 144 cm³/mol. The monoisotopic (exact) mass is 584 g/mol. The summed E-state index contributed by atoms with van der Waals surface area (Å²) in [5.74, 6) is -1.62. The van der Waals surface area contributed by atoms with E-state index < -0.39 is 23.7 Å². The number of aryl methyl sites for hydroxylation is 1. The van der Waals surface area contributed by atoms with Gasteiger partial charge in [0.1, 0.15) is 16.4 Å². The van der Waals surface area contributed by atoms with Crippen LogP contribution >= 0.6 is 27.3 Å². The van der Waals surface area contributed by atoms with Crippen LogP contribution in [0, 0.1) is 12.8 Å². The third kappa shape index (κ3) is 5.30. The highest BCUT2D eigenvalue weighted by Crippen LogP contribution is 2.44. The molecule has 10 heteroatoms. The van der Waals surface area contributed by atoms with Gasteiger partial charge < -0.3 is 14.6 Å². The van der Waals surface area contributed by atoms with Crippen LogP contribution in [-0.2, 0) is 14.3 Å². The third-order valence-corrected chi connectivity index (χ3v) is 7.37. The number of Topliss-reactive ketones (excluding diaryl/α,β-unsaturated/α-hetero) is 1. The van der Waals surface area contributed by atoms with E-state index in [4.69, 9.17) is 9.47 Å². The van der Waals surface area contributed by atoms with Crippen molar-refractivity contribution in [1.82, 2.24) is 4.98 Å². The van der Waals surface area contributed by atoms with Crippen molar-refractivity contribution in [3.63, 3.8) is 0 Å². The van der Waals surface area contributed by atoms with E-state index in [-0.39, 0.29) is 21.3 Å². The smallest absolute Gasteiger partial charge is 0.350 e. The van der Waals surface area contributed by atoms with Gasteiger partial charge in [0, 0.05) is 10.0 Å². The van der Waals surface area contributed by atoms with Crippen molar-refractivity contribution in [3.05, 3.63) is 80.3 Å². The van der Waals surface area contributed by atoms with Crippen molar-refractivity contribution >= 4 is 55.8 Å². The number of amides is 1. The molecule has 0 radical (unpaired) electrons. The number of benzene rings is 2. The van der Waals surface area contributed by atoms with Crippen molar-refractivity contribution in [2.45, 2.75) is 26.8 Å². The first-order valence-electron chi connectivity index (χ1n) is 11.5. The van der Waals surface area contributed by atoms with Gasteiger partial charge in [0.15, 0.2) is 5.13 Å². The fraction of sp³-hybridized carbons (Fsp3) is 0.259. The van der Waals surface area contributed by atoms with Gasteiger partial charge in [0.05, 0.1) is 31.0 Å². The summed E-state index contributed by atoms with van der Waals surface area (Å²) in [7, 11) is 1.26. The number of hydrogen-bond donors (Lipinski definition) is 1. The lowest BCUT2D eigenvalue weighted by molar-refractivity contribution is -0.132. The second-order valence-corrected chi connectivity index (χ2v) is 10.7. The summed E-state index contributed by atoms with van der Waals surface area (Å²) in [4.78, 5) is 44.7. The van der Waals surface area contributed by atoms with E-state index in [1.807, 2.05) is 13.8 Å². The number of carbonyl (C=O) groups excluding carboxylic acids is 3. The molecule has 0 bridgehead atoms. The molecule has 3 aromatic rings. The molecule has 192 valence electrons. The molecule has 0 saturated carbocycles. The highest BCUT2D eigenvalue weighted by Gasteiger charge is 2.48. The number of nitrogens with zero attached hydrogens (tertiary/aromatic N) is 2. The molecule has 1 atom stereocenters. The minimum absolute atomic E-state index is 0.0735. The molecule has 1 aliphatic heterocycles. The average molecular weight is 585 g/mol. The van der Waals surface area contributed by atoms with E-state index in [9.17, 15) is 19.5 Å². The van der Waals surface area contributed by atoms with E-state index >= 15 is 0 Å². The Labute approximate surface area is 226 Å². The van der Waals surface area contributed by atoms with Gasteiger partial charge in [0.25, 0.3) is 5.78 Å². The summed E-state index contributed by atoms with van der Waals surface area (Å²) < 4.78 is 11.3. The summed E-state index contributed by atoms with van der Waals surface area (Å²) in [6, 6.07) is 12.8. The fourth-order valence-electron chi connectivity index (χ4n) is 3.89. The summed E-state index contributed by atoms with van der Waals surface area (Å²) in [5, 5.41) is 11.5. The Morgan fingerprint density at radius 3 is 2.38 bits per heavy atom. The third-order valence-electron chi connectivity index (χ3n) is 5.70. The number of ether oxygens (including phenoxy) is 2. The van der Waals surface area contributed by atoms with Crippen molar-refractivity contribution in [2.75, 3.05) is 18.6 Å². The SMILES string of the molecule is COC(=O)c1sc(N2C(=O)C(=O)/C(=C(/O)c3ccc(OCC(C)C)cc3)C2c2ccc(Br)cc2)nc1C. The van der Waals surface area contributed by atoms with E-state index in [1.165, 1.54) is 12.0 Å². The Morgan fingerprint density at radius 1 is 1.14 bits per heavy atom. The molecule has 2 heterocycles. The summed E-state index contributed by atoms with van der Waals surface area (Å²) in [5.41, 5.74) is 1.26. The largest absolute Gasteiger partial charge is 0.507 e. The fourth-order valence-corrected chi connectivity index (χ4v) is 5.16. The first-order chi connectivity index (χ1) is 17.6. The number of thiazole rings is 1. The number of aliphatic hydroxyl groups excluding tert-OH is 1. The van der Waals surface area contributed by atoms with E-state index in [2.05, 4.69) is 20.9 Å². The number of methoxy groups -OCH3 is 1. The second kappa shape index (κ2) is 10.9. The molecule has 1 fully saturated rings. The maximum Gasteiger partial charge on any atom is 0.350 e. The van der Waals surface area contributed by atoms with Crippen LogP contribution in [0.2, 0.25) is 0 Å². The number of aliphatic hydroxyl groups is 1. The molecule has 2 aromatic carbocycles. The molecule has 37 heavy (non-hydrogen) atoms. The van der Waals surface area contributed by atoms with Gasteiger partial charge in [0.2, 0.25) is 0 Å². The number of carbonyl (C=O) groups is 3. The lowest BCUT2D eigenvalue weighted by Gasteiger charge is -2.23. The maximum absolute atomic E-state index is 13.3. The normalized spacial score (nSPS) is 16.9. The number of aromatic nitrogens is 1. The second-order valence-electron chi connectivity index (χ2n) is 8.85. The number of anilines is 1. The van der Waals surface area contributed by atoms with Crippen molar-refractivity contribution in [1.29, 1.82) is 0 Å². The van der Waals surface area contributed by atoms with Crippen LogP contribution in [0.3, 0.4) is 0 Å². The molecule has 8 nitrogen and oxygen atoms in total. The topological polar surface area (TPSA) is 106 Å². The number of hydrogen-bond acceptors (Lipinski definition) is 8. The molecule has 1 saturated heterocycles. The zero-order valence-corrected chi connectivity index (χ0v) is 23.1. The van der Waals surface area contributed by atoms with E-state index in [0.29, 0.717) is 35.1 Å². The van der Waals surface area contributed by atoms with Crippen molar-refractivity contribution in [3.8, 4) is 5.75 Å². The standard InChI is InChI=1S/C27H25BrN2O6S/c1-14(2)13-36-19-11-7-17(8-12-19)22(31)20-21(16-5-9-18(28)10-6-16)30(25(33)23(20)32)27-29-15(3)24(37-27)26(34)35-4/h5-12,14,21,31H,13H2,1-4H3/b22-20+. The lowest BCUT2D eigenvalue weighted by atomic mass is 9.95. The van der Waals surface area contributed by atoms with Crippen LogP contribution in [0.1, 0.15) is 46.4 Å². The van der Waals surface area contributed by atoms with Gasteiger partial charge in [-0.1, -0.05) is 53.2 Å². The van der Waals surface area contributed by atoms with Gasteiger partial charge >= 0.3 is 11.9 Å². The quantitative estimate of drug-likeness (QED) is 0.165. The van der Waals surface area contributed by atoms with Crippen LogP contribution in [0.5, 0.6) is 5.75 Å². The number of rotatable bonds is 7. The van der Waals surface area contributed by atoms with Crippen LogP contribution in [0.15, 0.2) is 58.6 Å². The zero-order chi connectivity index (χ0) is 26.9. The number of ketones is 1. The number of esters is 1. The van der Waals surface area contributed by atoms with Crippen LogP contribution in [0.25, 0.3) is 5.76 Å². The van der Waals surface area contributed by atoms with Gasteiger partial charge in [-0.25, -0.2) is 9.78 Å². The van der Waals surface area contributed by atoms with Gasteiger partial charge in [-0.2, -0.15) is 0 Å². The Kier molecular flexibility index (Phi) is 7.79. The molecule has 1 aliphatic rings. The Morgan fingerprint density at radius 2 is 1.78 bits per heavy atom. The van der Waals surface area contributed by atoms with E-state index in [0.717, 1.165) is 15.8 Å². The summed E-state index contributed by atoms with van der Waals surface area (Å²) >= 11 is 4.35. The van der Waals surface area contributed by atoms with Gasteiger partial charge in [-0.05, 0) is 54.8 Å². The highest BCUT2D eigenvalue weighted by molar-refractivity contribution is 9.10. The summed E-state index contributed by atoms with van der Waals surface area (Å²) in [6.45, 7) is 6.25. The molecule has 1 N–H and O–H groups in total. The lowest BCUT2D eigenvalue weighted by Crippen LogP contribution is -2.29. The van der Waals surface area contributed by atoms with Crippen LogP contribution in [0.4, 0.5) is 5.13 Å². The molecule has 1 unspecified atom stereocenters. The molecule has 1 amide bonds. The van der Waals surface area contributed by atoms with E-state index in [1.54, 1.807) is 55.5 Å². The van der Waals surface area contributed by atoms with Gasteiger partial charge in [-0.15, -0.1) is 0 Å². The molecule has 0 spiro atoms. The van der Waals surface area contributed by atoms with Gasteiger partial charge in [-0.3, -0.25) is 14.5 Å². The molecular weight excluding hydrogens is 560 g/mol. The molecule has 4 rings (SSSR count). The van der Waals surface area contributed by atoms with Crippen LogP contribution < -0.4 is 9.64 Å². The number of halogens is 1. The first kappa shape index (κ1) is 26.6. The van der Waals surface area contributed by atoms with Crippen molar-refractivity contribution < 1.29 is 29.0 Å². The molecule has 1 aromatic heterocycles. The molecular formula is C27H25BrN2O6S. The highest BCUT2D eigenvalue weighted by atomic mass is 79.9. The zero-order valence-electron chi connectivity index (χ0n) is 20.6. The van der Waals surface area contributed by atoms with Crippen molar-refractivity contribution in [2.24, 2.45) is 5.92 Å². The molecule has 0 aliphatic carbocycles. The minimum atomic E-state index is -0.957. The predicted octanol–water partition coefficient (Wildman–Crippen LogP) is 5.66. The average Bonchev–Trinajstić information content (AvgIpc) is 3.39. The minimum Gasteiger partial charge on any atom is -0.507 e. The summed E-state index contributed by atoms with van der Waals surface area (Å²) in [6.07, 6.45) is 0. The van der Waals surface area contributed by atoms with Crippen LogP contribution in [-0.4, -0.2) is 41.5 Å². The maximum atomic E-state index is 13.3. The Hall–Kier alpha value is -3.50. The first-order valence-corrected chi connectivity index (χ1v) is 13.1. The Bertz CT molecular complexity index is 1380.